The molecule has 0 saturated carbocycles. The number of halogens is 1. The van der Waals surface area contributed by atoms with Gasteiger partial charge >= 0.3 is 0 Å². The molecule has 3 nitrogen and oxygen atoms in total. The first kappa shape index (κ1) is 11.4. The van der Waals surface area contributed by atoms with Gasteiger partial charge < -0.3 is 15.9 Å². The summed E-state index contributed by atoms with van der Waals surface area (Å²) < 4.78 is 0.967. The number of aliphatic hydroxyl groups is 1. The Kier molecular flexibility index (Phi) is 3.14. The third-order valence-electron chi connectivity index (χ3n) is 2.57. The monoisotopic (exact) mass is 281 g/mol. The molecule has 0 aliphatic heterocycles. The van der Waals surface area contributed by atoms with Crippen molar-refractivity contribution in [3.63, 3.8) is 0 Å². The zero-order chi connectivity index (χ0) is 11.7. The van der Waals surface area contributed by atoms with Crippen LogP contribution in [0.2, 0.25) is 0 Å². The number of phenols is 1. The second-order valence-corrected chi connectivity index (χ2v) is 4.57. The van der Waals surface area contributed by atoms with Gasteiger partial charge in [-0.25, -0.2) is 0 Å². The Balaban J connectivity index is 2.74. The molecule has 16 heavy (non-hydrogen) atoms. The van der Waals surface area contributed by atoms with Gasteiger partial charge in [-0.05, 0) is 29.0 Å². The molecule has 4 N–H and O–H groups in total. The highest BCUT2D eigenvalue weighted by Crippen LogP contribution is 2.32. The van der Waals surface area contributed by atoms with Crippen LogP contribution in [0.3, 0.4) is 0 Å². The lowest BCUT2D eigenvalue weighted by atomic mass is 9.98. The molecule has 4 heteroatoms. The maximum Gasteiger partial charge on any atom is 0.121 e. The number of rotatable bonds is 2. The quantitative estimate of drug-likeness (QED) is 0.791. The molecule has 2 aromatic rings. The molecule has 0 saturated heterocycles. The molecule has 0 amide bonds. The largest absolute Gasteiger partial charge is 0.508 e. The summed E-state index contributed by atoms with van der Waals surface area (Å²) in [5, 5.41) is 20.7. The molecule has 2 aromatic carbocycles. The van der Waals surface area contributed by atoms with E-state index >= 15 is 0 Å². The fourth-order valence-corrected chi connectivity index (χ4v) is 2.17. The number of nitrogens with two attached hydrogens (primary N) is 1. The van der Waals surface area contributed by atoms with Gasteiger partial charge in [0, 0.05) is 10.0 Å². The number of aromatic hydroxyl groups is 1. The summed E-state index contributed by atoms with van der Waals surface area (Å²) in [6, 6.07) is 8.56. The topological polar surface area (TPSA) is 66.5 Å². The van der Waals surface area contributed by atoms with E-state index in [0.29, 0.717) is 5.56 Å². The van der Waals surface area contributed by atoms with E-state index in [-0.39, 0.29) is 12.4 Å². The van der Waals surface area contributed by atoms with Crippen LogP contribution in [0, 0.1) is 0 Å². The van der Waals surface area contributed by atoms with Crippen LogP contribution in [-0.4, -0.2) is 16.8 Å². The van der Waals surface area contributed by atoms with Gasteiger partial charge in [-0.15, -0.1) is 0 Å². The summed E-state index contributed by atoms with van der Waals surface area (Å²) in [6.07, 6.45) is 0. The van der Waals surface area contributed by atoms with Crippen molar-refractivity contribution < 1.29 is 10.2 Å². The van der Waals surface area contributed by atoms with Gasteiger partial charge in [0.2, 0.25) is 0 Å². The predicted molar refractivity (Wildman–Crippen MR) is 67.3 cm³/mol. The van der Waals surface area contributed by atoms with Gasteiger partial charge in [0.15, 0.2) is 0 Å². The van der Waals surface area contributed by atoms with Crippen molar-refractivity contribution >= 4 is 26.7 Å². The fraction of sp³-hybridized carbons (Fsp3) is 0.167. The van der Waals surface area contributed by atoms with E-state index < -0.39 is 6.04 Å². The van der Waals surface area contributed by atoms with Crippen LogP contribution in [0.4, 0.5) is 0 Å². The maximum atomic E-state index is 9.78. The van der Waals surface area contributed by atoms with Gasteiger partial charge in [-0.1, -0.05) is 28.1 Å². The van der Waals surface area contributed by atoms with Gasteiger partial charge in [0.25, 0.3) is 0 Å². The number of aliphatic hydroxyl groups excluding tert-OH is 1. The molecule has 84 valence electrons. The molecule has 0 radical (unpaired) electrons. The first-order valence-corrected chi connectivity index (χ1v) is 5.70. The molecule has 0 aliphatic rings. The van der Waals surface area contributed by atoms with Crippen LogP contribution in [0.1, 0.15) is 11.6 Å². The van der Waals surface area contributed by atoms with E-state index in [4.69, 9.17) is 10.8 Å². The molecular weight excluding hydrogens is 270 g/mol. The average Bonchev–Trinajstić information content (AvgIpc) is 2.28. The smallest absolute Gasteiger partial charge is 0.121 e. The van der Waals surface area contributed by atoms with Crippen LogP contribution in [0.5, 0.6) is 5.75 Å². The second kappa shape index (κ2) is 4.41. The zero-order valence-corrected chi connectivity index (χ0v) is 10.1. The highest BCUT2D eigenvalue weighted by atomic mass is 79.9. The molecule has 0 aliphatic carbocycles. The summed E-state index contributed by atoms with van der Waals surface area (Å²) in [7, 11) is 0. The van der Waals surface area contributed by atoms with Crippen molar-refractivity contribution in [1.82, 2.24) is 0 Å². The average molecular weight is 282 g/mol. The Morgan fingerprint density at radius 2 is 2.00 bits per heavy atom. The van der Waals surface area contributed by atoms with E-state index in [2.05, 4.69) is 15.9 Å². The van der Waals surface area contributed by atoms with E-state index in [0.717, 1.165) is 15.2 Å². The normalized spacial score (nSPS) is 12.9. The lowest BCUT2D eigenvalue weighted by Gasteiger charge is -2.14. The lowest BCUT2D eigenvalue weighted by molar-refractivity contribution is 0.266. The highest BCUT2D eigenvalue weighted by Gasteiger charge is 2.13. The van der Waals surface area contributed by atoms with E-state index in [1.54, 1.807) is 6.07 Å². The molecular formula is C12H12BrNO2. The molecule has 0 bridgehead atoms. The molecule has 0 spiro atoms. The summed E-state index contributed by atoms with van der Waals surface area (Å²) in [6.45, 7) is -0.192. The van der Waals surface area contributed by atoms with Gasteiger partial charge in [-0.2, -0.15) is 0 Å². The Bertz CT molecular complexity index is 528. The number of hydrogen-bond donors (Lipinski definition) is 3. The molecule has 2 rings (SSSR count). The van der Waals surface area contributed by atoms with Crippen molar-refractivity contribution in [2.75, 3.05) is 6.61 Å². The van der Waals surface area contributed by atoms with Crippen LogP contribution >= 0.6 is 15.9 Å². The van der Waals surface area contributed by atoms with Gasteiger partial charge in [0.1, 0.15) is 5.75 Å². The maximum absolute atomic E-state index is 9.78. The summed E-state index contributed by atoms with van der Waals surface area (Å²) in [4.78, 5) is 0. The van der Waals surface area contributed by atoms with Crippen LogP contribution in [-0.2, 0) is 0 Å². The van der Waals surface area contributed by atoms with E-state index in [1.807, 2.05) is 24.3 Å². The van der Waals surface area contributed by atoms with Crippen LogP contribution in [0.25, 0.3) is 10.8 Å². The zero-order valence-electron chi connectivity index (χ0n) is 8.52. The van der Waals surface area contributed by atoms with Gasteiger partial charge in [0.05, 0.1) is 12.6 Å². The third kappa shape index (κ3) is 1.91. The Morgan fingerprint density at radius 3 is 2.69 bits per heavy atom. The van der Waals surface area contributed by atoms with Crippen molar-refractivity contribution in [3.05, 3.63) is 40.4 Å². The molecule has 0 fully saturated rings. The fourth-order valence-electron chi connectivity index (χ4n) is 1.79. The standard InChI is InChI=1S/C12H12BrNO2/c13-8-2-3-9-7(5-8)1-4-11(16)12(9)10(14)6-15/h1-5,10,15-16H,6,14H2. The first-order chi connectivity index (χ1) is 7.63. The van der Waals surface area contributed by atoms with Crippen molar-refractivity contribution in [3.8, 4) is 5.75 Å². The summed E-state index contributed by atoms with van der Waals surface area (Å²) in [5.74, 6) is 0.122. The third-order valence-corrected chi connectivity index (χ3v) is 3.06. The predicted octanol–water partition coefficient (Wildman–Crippen LogP) is 2.30. The Labute approximate surface area is 102 Å². The number of fused-ring (bicyclic) bond motifs is 1. The summed E-state index contributed by atoms with van der Waals surface area (Å²) >= 11 is 3.39. The molecule has 0 aromatic heterocycles. The Morgan fingerprint density at radius 1 is 1.25 bits per heavy atom. The molecule has 1 atom stereocenters. The molecule has 0 heterocycles. The molecule has 1 unspecified atom stereocenters. The van der Waals surface area contributed by atoms with Crippen molar-refractivity contribution in [1.29, 1.82) is 0 Å². The minimum atomic E-state index is -0.565. The number of benzene rings is 2. The Hall–Kier alpha value is -1.10. The number of phenolic OH excluding ortho intramolecular Hbond substituents is 1. The van der Waals surface area contributed by atoms with Crippen LogP contribution < -0.4 is 5.73 Å². The number of hydrogen-bond acceptors (Lipinski definition) is 3. The SMILES string of the molecule is NC(CO)c1c(O)ccc2cc(Br)ccc12. The van der Waals surface area contributed by atoms with E-state index in [9.17, 15) is 5.11 Å². The van der Waals surface area contributed by atoms with Gasteiger partial charge in [-0.3, -0.25) is 0 Å². The second-order valence-electron chi connectivity index (χ2n) is 3.65. The van der Waals surface area contributed by atoms with Crippen molar-refractivity contribution in [2.24, 2.45) is 5.73 Å². The van der Waals surface area contributed by atoms with Crippen molar-refractivity contribution in [2.45, 2.75) is 6.04 Å². The van der Waals surface area contributed by atoms with Crippen LogP contribution in [0.15, 0.2) is 34.8 Å². The first-order valence-electron chi connectivity index (χ1n) is 4.91. The lowest BCUT2D eigenvalue weighted by Crippen LogP contribution is -2.15. The minimum Gasteiger partial charge on any atom is -0.508 e. The van der Waals surface area contributed by atoms with E-state index in [1.165, 1.54) is 0 Å². The summed E-state index contributed by atoms with van der Waals surface area (Å²) in [5.41, 5.74) is 6.37. The minimum absolute atomic E-state index is 0.122. The highest BCUT2D eigenvalue weighted by molar-refractivity contribution is 9.10.